The fourth-order valence-electron chi connectivity index (χ4n) is 3.28. The van der Waals surface area contributed by atoms with Gasteiger partial charge >= 0.3 is 0 Å². The molecular weight excluding hydrogens is 334 g/mol. The van der Waals surface area contributed by atoms with Crippen molar-refractivity contribution in [2.75, 3.05) is 0 Å². The molecule has 1 aliphatic rings. The molecule has 2 aromatic heterocycles. The molecule has 25 heavy (non-hydrogen) atoms. The summed E-state index contributed by atoms with van der Waals surface area (Å²) in [6.07, 6.45) is 0.686. The van der Waals surface area contributed by atoms with Crippen LogP contribution in [0.4, 0.5) is 0 Å². The lowest BCUT2D eigenvalue weighted by Gasteiger charge is -2.35. The molecule has 0 N–H and O–H groups in total. The van der Waals surface area contributed by atoms with Crippen LogP contribution in [-0.2, 0) is 13.0 Å². The molecule has 5 nitrogen and oxygen atoms in total. The Hall–Kier alpha value is -2.47. The molecule has 0 radical (unpaired) electrons. The van der Waals surface area contributed by atoms with E-state index in [0.717, 1.165) is 11.1 Å². The molecule has 4 rings (SSSR count). The van der Waals surface area contributed by atoms with E-state index in [1.54, 1.807) is 18.3 Å². The first-order valence-electron chi connectivity index (χ1n) is 8.27. The third kappa shape index (κ3) is 2.76. The largest absolute Gasteiger partial charge is 0.423 e. The van der Waals surface area contributed by atoms with Gasteiger partial charge in [0.15, 0.2) is 0 Å². The highest BCUT2D eigenvalue weighted by Crippen LogP contribution is 2.35. The lowest BCUT2D eigenvalue weighted by Crippen LogP contribution is -2.39. The number of hydrogen-bond acceptors (Lipinski definition) is 5. The molecule has 0 bridgehead atoms. The van der Waals surface area contributed by atoms with Gasteiger partial charge in [-0.3, -0.25) is 4.79 Å². The Morgan fingerprint density at radius 3 is 2.60 bits per heavy atom. The quantitative estimate of drug-likeness (QED) is 0.699. The standard InChI is InChI=1S/C19H19N3O2S/c1-11-12(2)25-10-16(11)19(23)22-9-15-7-5-4-6-14(15)8-17(22)18-21-20-13(3)24-18/h4-7,10,17H,8-9H2,1-3H3. The molecule has 1 aromatic carbocycles. The van der Waals surface area contributed by atoms with Crippen molar-refractivity contribution in [3.63, 3.8) is 0 Å². The summed E-state index contributed by atoms with van der Waals surface area (Å²) in [4.78, 5) is 16.3. The van der Waals surface area contributed by atoms with E-state index in [1.165, 1.54) is 16.0 Å². The van der Waals surface area contributed by atoms with Crippen LogP contribution in [-0.4, -0.2) is 21.0 Å². The van der Waals surface area contributed by atoms with Gasteiger partial charge in [-0.15, -0.1) is 21.5 Å². The van der Waals surface area contributed by atoms with Crippen molar-refractivity contribution in [1.29, 1.82) is 0 Å². The fraction of sp³-hybridized carbons (Fsp3) is 0.316. The average Bonchev–Trinajstić information content (AvgIpc) is 3.19. The van der Waals surface area contributed by atoms with Crippen molar-refractivity contribution in [2.24, 2.45) is 0 Å². The Morgan fingerprint density at radius 2 is 1.96 bits per heavy atom. The number of carbonyl (C=O) groups excluding carboxylic acids is 1. The molecule has 0 fully saturated rings. The van der Waals surface area contributed by atoms with Gasteiger partial charge in [0.25, 0.3) is 5.91 Å². The van der Waals surface area contributed by atoms with Crippen molar-refractivity contribution < 1.29 is 9.21 Å². The van der Waals surface area contributed by atoms with Crippen molar-refractivity contribution in [1.82, 2.24) is 15.1 Å². The summed E-state index contributed by atoms with van der Waals surface area (Å²) in [6.45, 7) is 6.37. The third-order valence-electron chi connectivity index (χ3n) is 4.85. The Kier molecular flexibility index (Phi) is 3.92. The summed E-state index contributed by atoms with van der Waals surface area (Å²) in [5.41, 5.74) is 4.22. The van der Waals surface area contributed by atoms with Gasteiger partial charge in [-0.2, -0.15) is 0 Å². The van der Waals surface area contributed by atoms with Crippen molar-refractivity contribution in [3.8, 4) is 0 Å². The number of amides is 1. The number of rotatable bonds is 2. The van der Waals surface area contributed by atoms with Crippen LogP contribution in [0, 0.1) is 20.8 Å². The zero-order valence-corrected chi connectivity index (χ0v) is 15.3. The van der Waals surface area contributed by atoms with Gasteiger partial charge in [0.2, 0.25) is 11.8 Å². The third-order valence-corrected chi connectivity index (χ3v) is 5.87. The van der Waals surface area contributed by atoms with Crippen LogP contribution in [0.15, 0.2) is 34.1 Å². The Bertz CT molecular complexity index is 944. The number of thiophene rings is 1. The van der Waals surface area contributed by atoms with Gasteiger partial charge in [0.05, 0.1) is 5.56 Å². The Balaban J connectivity index is 1.77. The van der Waals surface area contributed by atoms with Gasteiger partial charge in [-0.05, 0) is 30.5 Å². The van der Waals surface area contributed by atoms with E-state index in [9.17, 15) is 4.79 Å². The summed E-state index contributed by atoms with van der Waals surface area (Å²) in [5.74, 6) is 1.05. The molecule has 128 valence electrons. The lowest BCUT2D eigenvalue weighted by molar-refractivity contribution is 0.0602. The number of benzene rings is 1. The predicted octanol–water partition coefficient (Wildman–Crippen LogP) is 4.00. The van der Waals surface area contributed by atoms with E-state index < -0.39 is 0 Å². The highest BCUT2D eigenvalue weighted by Gasteiger charge is 2.35. The maximum atomic E-state index is 13.3. The number of nitrogens with zero attached hydrogens (tertiary/aromatic N) is 3. The summed E-state index contributed by atoms with van der Waals surface area (Å²) in [7, 11) is 0. The van der Waals surface area contributed by atoms with E-state index >= 15 is 0 Å². The maximum Gasteiger partial charge on any atom is 0.255 e. The van der Waals surface area contributed by atoms with Gasteiger partial charge in [0.1, 0.15) is 6.04 Å². The number of aryl methyl sites for hydroxylation is 2. The molecule has 0 saturated carbocycles. The first kappa shape index (κ1) is 16.0. The molecule has 3 heterocycles. The van der Waals surface area contributed by atoms with Gasteiger partial charge < -0.3 is 9.32 Å². The molecule has 0 aliphatic carbocycles. The zero-order chi connectivity index (χ0) is 17.6. The summed E-state index contributed by atoms with van der Waals surface area (Å²) < 4.78 is 5.68. The number of fused-ring (bicyclic) bond motifs is 1. The molecule has 0 saturated heterocycles. The SMILES string of the molecule is Cc1nnc(C2Cc3ccccc3CN2C(=O)c2csc(C)c2C)o1. The van der Waals surface area contributed by atoms with Crippen LogP contribution in [0.3, 0.4) is 0 Å². The van der Waals surface area contributed by atoms with Crippen LogP contribution in [0.2, 0.25) is 0 Å². The molecular formula is C19H19N3O2S. The predicted molar refractivity (Wildman–Crippen MR) is 95.6 cm³/mol. The second kappa shape index (κ2) is 6.11. The molecule has 0 spiro atoms. The smallest absolute Gasteiger partial charge is 0.255 e. The van der Waals surface area contributed by atoms with Gasteiger partial charge in [-0.1, -0.05) is 24.3 Å². The number of carbonyl (C=O) groups is 1. The number of hydrogen-bond donors (Lipinski definition) is 0. The van der Waals surface area contributed by atoms with Crippen LogP contribution >= 0.6 is 11.3 Å². The van der Waals surface area contributed by atoms with Crippen LogP contribution in [0.5, 0.6) is 0 Å². The second-order valence-corrected chi connectivity index (χ2v) is 7.50. The Labute approximate surface area is 150 Å². The monoisotopic (exact) mass is 353 g/mol. The zero-order valence-electron chi connectivity index (χ0n) is 14.4. The summed E-state index contributed by atoms with van der Waals surface area (Å²) in [6, 6.07) is 7.99. The van der Waals surface area contributed by atoms with Crippen LogP contribution in [0.25, 0.3) is 0 Å². The molecule has 1 unspecified atom stereocenters. The minimum Gasteiger partial charge on any atom is -0.423 e. The first-order valence-corrected chi connectivity index (χ1v) is 9.15. The van der Waals surface area contributed by atoms with E-state index in [1.807, 2.05) is 36.3 Å². The van der Waals surface area contributed by atoms with Crippen LogP contribution < -0.4 is 0 Å². The minimum absolute atomic E-state index is 0.0252. The van der Waals surface area contributed by atoms with E-state index in [4.69, 9.17) is 4.42 Å². The molecule has 1 atom stereocenters. The molecule has 1 amide bonds. The van der Waals surface area contributed by atoms with Crippen molar-refractivity contribution in [2.45, 2.75) is 39.8 Å². The molecule has 6 heteroatoms. The fourth-order valence-corrected chi connectivity index (χ4v) is 4.14. The molecule has 3 aromatic rings. The van der Waals surface area contributed by atoms with Gasteiger partial charge in [-0.25, -0.2) is 0 Å². The topological polar surface area (TPSA) is 59.2 Å². The normalized spacial score (nSPS) is 16.8. The average molecular weight is 353 g/mol. The number of aromatic nitrogens is 2. The lowest BCUT2D eigenvalue weighted by atomic mass is 9.93. The highest BCUT2D eigenvalue weighted by molar-refractivity contribution is 7.10. The van der Waals surface area contributed by atoms with Crippen LogP contribution in [0.1, 0.15) is 49.7 Å². The summed E-state index contributed by atoms with van der Waals surface area (Å²) in [5, 5.41) is 10.1. The molecule has 1 aliphatic heterocycles. The highest BCUT2D eigenvalue weighted by atomic mass is 32.1. The van der Waals surface area contributed by atoms with E-state index in [0.29, 0.717) is 24.7 Å². The first-order chi connectivity index (χ1) is 12.0. The van der Waals surface area contributed by atoms with Crippen molar-refractivity contribution >= 4 is 17.2 Å². The Morgan fingerprint density at radius 1 is 1.20 bits per heavy atom. The van der Waals surface area contributed by atoms with E-state index in [2.05, 4.69) is 22.3 Å². The van der Waals surface area contributed by atoms with E-state index in [-0.39, 0.29) is 11.9 Å². The van der Waals surface area contributed by atoms with Gasteiger partial charge in [0, 0.05) is 30.1 Å². The maximum absolute atomic E-state index is 13.3. The van der Waals surface area contributed by atoms with Crippen molar-refractivity contribution in [3.05, 3.63) is 68.6 Å². The summed E-state index contributed by atoms with van der Waals surface area (Å²) >= 11 is 1.61. The second-order valence-electron chi connectivity index (χ2n) is 6.41. The minimum atomic E-state index is -0.233.